The minimum Gasteiger partial charge on any atom is -0.398 e. The van der Waals surface area contributed by atoms with E-state index < -0.39 is 22.0 Å². The first kappa shape index (κ1) is 31.1. The molecule has 0 radical (unpaired) electrons. The van der Waals surface area contributed by atoms with E-state index in [9.17, 15) is 22.8 Å². The van der Waals surface area contributed by atoms with Crippen molar-refractivity contribution in [3.05, 3.63) is 86.2 Å². The Morgan fingerprint density at radius 1 is 1.14 bits per heavy atom. The monoisotopic (exact) mass is 658 g/mol. The smallest absolute Gasteiger partial charge is 0.251 e. The lowest BCUT2D eigenvalue weighted by atomic mass is 9.96. The molecule has 224 valence electrons. The van der Waals surface area contributed by atoms with Crippen molar-refractivity contribution in [2.24, 2.45) is 7.05 Å². The number of anilines is 3. The van der Waals surface area contributed by atoms with Gasteiger partial charge in [-0.25, -0.2) is 8.42 Å². The summed E-state index contributed by atoms with van der Waals surface area (Å²) < 4.78 is 29.5. The van der Waals surface area contributed by atoms with Gasteiger partial charge < -0.3 is 26.3 Å². The molecule has 0 aliphatic heterocycles. The van der Waals surface area contributed by atoms with Crippen LogP contribution in [-0.2, 0) is 21.9 Å². The summed E-state index contributed by atoms with van der Waals surface area (Å²) in [5, 5.41) is 8.68. The maximum absolute atomic E-state index is 13.0. The fourth-order valence-electron chi connectivity index (χ4n) is 4.65. The molecular weight excluding hydrogens is 624 g/mol. The van der Waals surface area contributed by atoms with Gasteiger partial charge in [0.05, 0.1) is 11.9 Å². The van der Waals surface area contributed by atoms with Crippen LogP contribution in [0, 0.1) is 0 Å². The number of sulfonamides is 1. The second-order valence-electron chi connectivity index (χ2n) is 10.3. The van der Waals surface area contributed by atoms with Gasteiger partial charge in [-0.15, -0.1) is 0 Å². The average molecular weight is 660 g/mol. The summed E-state index contributed by atoms with van der Waals surface area (Å²) in [6.45, 7) is 0.298. The van der Waals surface area contributed by atoms with Gasteiger partial charge in [-0.2, -0.15) is 0 Å². The summed E-state index contributed by atoms with van der Waals surface area (Å²) in [5.41, 5.74) is 9.28. The Hall–Kier alpha value is -3.84. The van der Waals surface area contributed by atoms with Gasteiger partial charge in [0.25, 0.3) is 11.5 Å². The van der Waals surface area contributed by atoms with E-state index in [-0.39, 0.29) is 41.7 Å². The molecule has 4 rings (SSSR count). The Balaban J connectivity index is 1.58. The van der Waals surface area contributed by atoms with Crippen molar-refractivity contribution < 1.29 is 18.0 Å². The fraction of sp³-hybridized carbons (Fsp3) is 0.345. The molecule has 1 heterocycles. The summed E-state index contributed by atoms with van der Waals surface area (Å²) in [4.78, 5) is 37.3. The van der Waals surface area contributed by atoms with E-state index in [0.717, 1.165) is 34.8 Å². The number of rotatable bonds is 12. The molecule has 0 spiro atoms. The standard InChI is InChI=1S/C29H35BrN6O5S/c1-32-29(39)27(34-21-9-7-20(30)8-10-21)23-16-22(18-5-6-18)25(17-24(23)31)36(42(3,40)41)13-4-12-33-28(38)19-11-14-35(2)26(37)15-19/h7-11,14-18,27,34H,4-6,12-13,31H2,1-3H3,(H,32,39)(H,33,38). The zero-order chi connectivity index (χ0) is 30.6. The third-order valence-electron chi connectivity index (χ3n) is 7.08. The van der Waals surface area contributed by atoms with Crippen LogP contribution in [0.4, 0.5) is 17.1 Å². The number of nitrogens with two attached hydrogens (primary N) is 1. The lowest BCUT2D eigenvalue weighted by Gasteiger charge is -2.28. The normalized spacial score (nSPS) is 13.7. The highest BCUT2D eigenvalue weighted by Crippen LogP contribution is 2.47. The molecule has 13 heteroatoms. The second-order valence-corrected chi connectivity index (χ2v) is 13.1. The van der Waals surface area contributed by atoms with E-state index in [4.69, 9.17) is 5.73 Å². The molecule has 1 atom stereocenters. The zero-order valence-corrected chi connectivity index (χ0v) is 26.1. The number of hydrogen-bond acceptors (Lipinski definition) is 7. The topological polar surface area (TPSA) is 156 Å². The first-order valence-electron chi connectivity index (χ1n) is 13.5. The fourth-order valence-corrected chi connectivity index (χ4v) is 5.89. The summed E-state index contributed by atoms with van der Waals surface area (Å²) >= 11 is 3.41. The average Bonchev–Trinajstić information content (AvgIpc) is 3.78. The van der Waals surface area contributed by atoms with Gasteiger partial charge in [0.2, 0.25) is 15.9 Å². The lowest BCUT2D eigenvalue weighted by molar-refractivity contribution is -0.121. The van der Waals surface area contributed by atoms with Crippen molar-refractivity contribution >= 4 is 54.8 Å². The molecule has 1 aliphatic rings. The van der Waals surface area contributed by atoms with Crippen LogP contribution >= 0.6 is 15.9 Å². The van der Waals surface area contributed by atoms with Crippen LogP contribution < -0.4 is 31.5 Å². The van der Waals surface area contributed by atoms with Gasteiger partial charge in [0.1, 0.15) is 6.04 Å². The first-order valence-corrected chi connectivity index (χ1v) is 16.1. The number of pyridine rings is 1. The van der Waals surface area contributed by atoms with Crippen LogP contribution in [0.25, 0.3) is 0 Å². The number of carbonyl (C=O) groups excluding carboxylic acids is 2. The van der Waals surface area contributed by atoms with Crippen LogP contribution in [0.15, 0.2) is 64.0 Å². The van der Waals surface area contributed by atoms with Gasteiger partial charge in [-0.3, -0.25) is 18.7 Å². The Morgan fingerprint density at radius 3 is 2.43 bits per heavy atom. The molecule has 2 aromatic carbocycles. The summed E-state index contributed by atoms with van der Waals surface area (Å²) in [6, 6.07) is 12.9. The molecule has 3 aromatic rings. The van der Waals surface area contributed by atoms with Crippen LogP contribution in [0.2, 0.25) is 0 Å². The van der Waals surface area contributed by atoms with Crippen molar-refractivity contribution in [1.82, 2.24) is 15.2 Å². The number of halogens is 1. The maximum Gasteiger partial charge on any atom is 0.251 e. The molecule has 2 amide bonds. The summed E-state index contributed by atoms with van der Waals surface area (Å²) in [5.74, 6) is -0.558. The van der Waals surface area contributed by atoms with Crippen molar-refractivity contribution in [2.45, 2.75) is 31.2 Å². The highest BCUT2D eigenvalue weighted by molar-refractivity contribution is 9.10. The third-order valence-corrected chi connectivity index (χ3v) is 8.79. The highest BCUT2D eigenvalue weighted by atomic mass is 79.9. The Morgan fingerprint density at radius 2 is 1.83 bits per heavy atom. The minimum absolute atomic E-state index is 0.101. The van der Waals surface area contributed by atoms with E-state index in [1.54, 1.807) is 26.2 Å². The van der Waals surface area contributed by atoms with Crippen LogP contribution in [-0.4, -0.2) is 51.2 Å². The molecule has 0 saturated heterocycles. The van der Waals surface area contributed by atoms with E-state index in [2.05, 4.69) is 31.9 Å². The molecule has 1 saturated carbocycles. The molecule has 42 heavy (non-hydrogen) atoms. The summed E-state index contributed by atoms with van der Waals surface area (Å²) in [6.07, 6.45) is 4.76. The maximum atomic E-state index is 13.0. The molecule has 1 fully saturated rings. The zero-order valence-electron chi connectivity index (χ0n) is 23.7. The molecule has 1 aromatic heterocycles. The number of nitrogens with one attached hydrogen (secondary N) is 3. The predicted molar refractivity (Wildman–Crippen MR) is 168 cm³/mol. The number of likely N-dealkylation sites (N-methyl/N-ethyl adjacent to an activating group) is 1. The number of carbonyl (C=O) groups is 2. The van der Waals surface area contributed by atoms with Crippen molar-refractivity contribution in [2.75, 3.05) is 41.7 Å². The quantitative estimate of drug-likeness (QED) is 0.172. The predicted octanol–water partition coefficient (Wildman–Crippen LogP) is 3.09. The molecule has 1 aliphatic carbocycles. The molecule has 1 unspecified atom stereocenters. The van der Waals surface area contributed by atoms with Crippen LogP contribution in [0.1, 0.15) is 52.7 Å². The van der Waals surface area contributed by atoms with Crippen molar-refractivity contribution in [3.8, 4) is 0 Å². The number of benzene rings is 2. The number of hydrogen-bond donors (Lipinski definition) is 4. The molecule has 5 N–H and O–H groups in total. The van der Waals surface area contributed by atoms with E-state index >= 15 is 0 Å². The van der Waals surface area contributed by atoms with Gasteiger partial charge in [0, 0.05) is 66.4 Å². The molecule has 0 bridgehead atoms. The Labute approximate surface area is 253 Å². The van der Waals surface area contributed by atoms with Gasteiger partial charge in [-0.1, -0.05) is 15.9 Å². The largest absolute Gasteiger partial charge is 0.398 e. The van der Waals surface area contributed by atoms with Crippen molar-refractivity contribution in [1.29, 1.82) is 0 Å². The van der Waals surface area contributed by atoms with Gasteiger partial charge in [0.15, 0.2) is 0 Å². The van der Waals surface area contributed by atoms with Crippen LogP contribution in [0.3, 0.4) is 0 Å². The van der Waals surface area contributed by atoms with Gasteiger partial charge >= 0.3 is 0 Å². The second kappa shape index (κ2) is 13.0. The molecule has 11 nitrogen and oxygen atoms in total. The third kappa shape index (κ3) is 7.51. The van der Waals surface area contributed by atoms with Gasteiger partial charge in [-0.05, 0) is 73.2 Å². The summed E-state index contributed by atoms with van der Waals surface area (Å²) in [7, 11) is -0.569. The number of aromatic nitrogens is 1. The molecular formula is C29H35BrN6O5S. The van der Waals surface area contributed by atoms with Crippen LogP contribution in [0.5, 0.6) is 0 Å². The Kier molecular flexibility index (Phi) is 9.62. The first-order chi connectivity index (χ1) is 19.9. The number of nitrogen functional groups attached to an aromatic ring is 1. The minimum atomic E-state index is -3.71. The number of nitrogens with zero attached hydrogens (tertiary/aromatic N) is 2. The lowest BCUT2D eigenvalue weighted by Crippen LogP contribution is -2.35. The number of aryl methyl sites for hydroxylation is 1. The van der Waals surface area contributed by atoms with E-state index in [1.807, 2.05) is 30.3 Å². The van der Waals surface area contributed by atoms with Crippen molar-refractivity contribution in [3.63, 3.8) is 0 Å². The Bertz CT molecular complexity index is 1640. The SMILES string of the molecule is CNC(=O)C(Nc1ccc(Br)cc1)c1cc(C2CC2)c(N(CCCNC(=O)c2ccn(C)c(=O)c2)S(C)(=O)=O)cc1N. The van der Waals surface area contributed by atoms with E-state index in [0.29, 0.717) is 17.7 Å². The highest BCUT2D eigenvalue weighted by Gasteiger charge is 2.33. The number of amides is 2. The van der Waals surface area contributed by atoms with E-state index in [1.165, 1.54) is 21.1 Å².